The summed E-state index contributed by atoms with van der Waals surface area (Å²) in [6.07, 6.45) is 4.66. The van der Waals surface area contributed by atoms with Crippen molar-refractivity contribution in [3.8, 4) is 17.2 Å². The van der Waals surface area contributed by atoms with E-state index in [1.807, 2.05) is 42.7 Å². The summed E-state index contributed by atoms with van der Waals surface area (Å²) >= 11 is 6.04. The fraction of sp³-hybridized carbons (Fsp3) is 0.444. The Kier molecular flexibility index (Phi) is 9.09. The fourth-order valence-corrected chi connectivity index (χ4v) is 4.47. The number of benzene rings is 2. The van der Waals surface area contributed by atoms with Crippen LogP contribution < -0.4 is 14.2 Å². The monoisotopic (exact) mass is 515 g/mol. The predicted octanol–water partition coefficient (Wildman–Crippen LogP) is 3.83. The van der Waals surface area contributed by atoms with Crippen molar-refractivity contribution in [1.29, 1.82) is 0 Å². The predicted molar refractivity (Wildman–Crippen MR) is 138 cm³/mol. The maximum atomic E-state index is 11.2. The molecule has 2 aromatic carbocycles. The van der Waals surface area contributed by atoms with Gasteiger partial charge in [0.05, 0.1) is 26.9 Å². The molecule has 9 heteroatoms. The summed E-state index contributed by atoms with van der Waals surface area (Å²) in [6, 6.07) is 13.1. The summed E-state index contributed by atoms with van der Waals surface area (Å²) in [5.74, 6) is 3.04. The first-order chi connectivity index (χ1) is 17.5. The van der Waals surface area contributed by atoms with E-state index in [1.54, 1.807) is 19.2 Å². The van der Waals surface area contributed by atoms with E-state index in [0.717, 1.165) is 24.4 Å². The Morgan fingerprint density at radius 2 is 2.06 bits per heavy atom. The van der Waals surface area contributed by atoms with Crippen LogP contribution in [0.15, 0.2) is 54.9 Å². The van der Waals surface area contributed by atoms with Crippen LogP contribution >= 0.6 is 11.6 Å². The number of ether oxygens (including phenoxy) is 4. The number of methoxy groups -OCH3 is 1. The molecule has 3 aromatic rings. The number of aliphatic hydroxyl groups is 1. The number of aryl methyl sites for hydroxylation is 1. The highest BCUT2D eigenvalue weighted by atomic mass is 35.5. The van der Waals surface area contributed by atoms with Crippen molar-refractivity contribution in [2.45, 2.75) is 32.0 Å². The number of halogens is 1. The van der Waals surface area contributed by atoms with Gasteiger partial charge >= 0.3 is 0 Å². The first-order valence-electron chi connectivity index (χ1n) is 12.2. The number of aromatic nitrogens is 2. The van der Waals surface area contributed by atoms with Crippen LogP contribution in [0, 0.1) is 0 Å². The molecule has 1 aliphatic rings. The van der Waals surface area contributed by atoms with Crippen LogP contribution in [0.5, 0.6) is 17.2 Å². The highest BCUT2D eigenvalue weighted by Gasteiger charge is 2.33. The second-order valence-electron chi connectivity index (χ2n) is 8.96. The van der Waals surface area contributed by atoms with Gasteiger partial charge in [-0.05, 0) is 35.9 Å². The molecule has 4 rings (SSSR count). The standard InChI is InChI=1S/C27H34ClN3O5/c1-3-26-29-9-10-31(26)12-14-35-24-8-7-21(15-25(24)33-2)17-30-11-13-34-19-27(32,18-30)20-36-23-6-4-5-22(28)16-23/h4-10,15-16,32H,3,11-14,17-20H2,1-2H3/t27-/m1/s1. The van der Waals surface area contributed by atoms with Gasteiger partial charge in [0.1, 0.15) is 30.4 Å². The first kappa shape index (κ1) is 26.3. The Bertz CT molecular complexity index is 1120. The molecule has 8 nitrogen and oxygen atoms in total. The van der Waals surface area contributed by atoms with E-state index in [-0.39, 0.29) is 13.2 Å². The lowest BCUT2D eigenvalue weighted by Crippen LogP contribution is -2.48. The molecule has 36 heavy (non-hydrogen) atoms. The largest absolute Gasteiger partial charge is 0.493 e. The van der Waals surface area contributed by atoms with E-state index in [1.165, 1.54) is 0 Å². The second-order valence-corrected chi connectivity index (χ2v) is 9.39. The zero-order chi connectivity index (χ0) is 25.4. The van der Waals surface area contributed by atoms with E-state index in [4.69, 9.17) is 30.5 Å². The zero-order valence-electron chi connectivity index (χ0n) is 20.9. The van der Waals surface area contributed by atoms with E-state index < -0.39 is 5.60 Å². The van der Waals surface area contributed by atoms with E-state index in [9.17, 15) is 5.11 Å². The molecule has 194 valence electrons. The SMILES string of the molecule is CCc1nccn1CCOc1ccc(CN2CCOC[C@@](O)(COc3cccc(Cl)c3)C2)cc1OC. The Labute approximate surface area is 217 Å². The molecule has 0 bridgehead atoms. The molecular formula is C27H34ClN3O5. The molecule has 0 aliphatic carbocycles. The van der Waals surface area contributed by atoms with Crippen molar-refractivity contribution in [2.75, 3.05) is 46.6 Å². The topological polar surface area (TPSA) is 78.2 Å². The van der Waals surface area contributed by atoms with E-state index >= 15 is 0 Å². The smallest absolute Gasteiger partial charge is 0.161 e. The third-order valence-corrected chi connectivity index (χ3v) is 6.32. The van der Waals surface area contributed by atoms with E-state index in [0.29, 0.717) is 55.1 Å². The summed E-state index contributed by atoms with van der Waals surface area (Å²) in [5.41, 5.74) is -0.0848. The number of hydrogen-bond acceptors (Lipinski definition) is 7. The third-order valence-electron chi connectivity index (χ3n) is 6.09. The van der Waals surface area contributed by atoms with Crippen LogP contribution in [0.1, 0.15) is 18.3 Å². The van der Waals surface area contributed by atoms with Crippen molar-refractivity contribution in [3.05, 3.63) is 71.3 Å². The van der Waals surface area contributed by atoms with E-state index in [2.05, 4.69) is 21.4 Å². The Hall–Kier alpha value is -2.78. The molecule has 0 unspecified atom stereocenters. The van der Waals surface area contributed by atoms with Gasteiger partial charge in [-0.1, -0.05) is 30.7 Å². The molecule has 0 amide bonds. The maximum absolute atomic E-state index is 11.2. The number of hydrogen-bond donors (Lipinski definition) is 1. The van der Waals surface area contributed by atoms with Crippen LogP contribution in [-0.2, 0) is 24.2 Å². The number of β-amino-alcohol motifs (C(OH)–C–C–N with tert-alkyl or cyclic N) is 1. The Morgan fingerprint density at radius 3 is 2.86 bits per heavy atom. The van der Waals surface area contributed by atoms with Gasteiger partial charge in [-0.15, -0.1) is 0 Å². The third kappa shape index (κ3) is 7.13. The minimum atomic E-state index is -1.14. The average Bonchev–Trinajstić information content (AvgIpc) is 3.25. The maximum Gasteiger partial charge on any atom is 0.161 e. The first-order valence-corrected chi connectivity index (χ1v) is 12.6. The van der Waals surface area contributed by atoms with Gasteiger partial charge < -0.3 is 28.6 Å². The normalized spacial score (nSPS) is 18.6. The lowest BCUT2D eigenvalue weighted by Gasteiger charge is -2.30. The molecule has 0 radical (unpaired) electrons. The Morgan fingerprint density at radius 1 is 1.17 bits per heavy atom. The van der Waals surface area contributed by atoms with Gasteiger partial charge in [-0.2, -0.15) is 0 Å². The van der Waals surface area contributed by atoms with Crippen molar-refractivity contribution in [3.63, 3.8) is 0 Å². The summed E-state index contributed by atoms with van der Waals surface area (Å²) in [4.78, 5) is 6.51. The number of nitrogens with zero attached hydrogens (tertiary/aromatic N) is 3. The summed E-state index contributed by atoms with van der Waals surface area (Å²) in [7, 11) is 1.64. The molecule has 1 atom stereocenters. The highest BCUT2D eigenvalue weighted by molar-refractivity contribution is 6.30. The number of rotatable bonds is 11. The highest BCUT2D eigenvalue weighted by Crippen LogP contribution is 2.29. The zero-order valence-corrected chi connectivity index (χ0v) is 21.6. The summed E-state index contributed by atoms with van der Waals surface area (Å²) in [5, 5.41) is 11.8. The molecule has 0 saturated carbocycles. The van der Waals surface area contributed by atoms with Crippen molar-refractivity contribution in [2.24, 2.45) is 0 Å². The number of imidazole rings is 1. The van der Waals surface area contributed by atoms with Gasteiger partial charge in [-0.25, -0.2) is 4.98 Å². The van der Waals surface area contributed by atoms with Crippen LogP contribution in [-0.4, -0.2) is 71.8 Å². The van der Waals surface area contributed by atoms with Gasteiger partial charge in [0.25, 0.3) is 0 Å². The van der Waals surface area contributed by atoms with Gasteiger partial charge in [0, 0.05) is 43.5 Å². The van der Waals surface area contributed by atoms with Crippen LogP contribution in [0.3, 0.4) is 0 Å². The summed E-state index contributed by atoms with van der Waals surface area (Å²) < 4.78 is 25.2. The van der Waals surface area contributed by atoms with Gasteiger partial charge in [0.15, 0.2) is 11.5 Å². The molecule has 0 spiro atoms. The second kappa shape index (κ2) is 12.5. The van der Waals surface area contributed by atoms with Crippen molar-refractivity contribution in [1.82, 2.24) is 14.5 Å². The Balaban J connectivity index is 1.35. The lowest BCUT2D eigenvalue weighted by atomic mass is 10.1. The lowest BCUT2D eigenvalue weighted by molar-refractivity contribution is -0.0646. The van der Waals surface area contributed by atoms with Crippen molar-refractivity contribution < 1.29 is 24.1 Å². The molecule has 1 aliphatic heterocycles. The van der Waals surface area contributed by atoms with Crippen LogP contribution in [0.25, 0.3) is 0 Å². The fourth-order valence-electron chi connectivity index (χ4n) is 4.29. The van der Waals surface area contributed by atoms with Crippen LogP contribution in [0.2, 0.25) is 5.02 Å². The van der Waals surface area contributed by atoms with Gasteiger partial charge in [-0.3, -0.25) is 4.90 Å². The molecule has 2 heterocycles. The van der Waals surface area contributed by atoms with Gasteiger partial charge in [0.2, 0.25) is 0 Å². The van der Waals surface area contributed by atoms with Crippen molar-refractivity contribution >= 4 is 11.6 Å². The molecule has 1 fully saturated rings. The molecular weight excluding hydrogens is 482 g/mol. The van der Waals surface area contributed by atoms with Crippen LogP contribution in [0.4, 0.5) is 0 Å². The minimum Gasteiger partial charge on any atom is -0.493 e. The molecule has 1 N–H and O–H groups in total. The minimum absolute atomic E-state index is 0.108. The molecule has 1 aromatic heterocycles. The average molecular weight is 516 g/mol. The quantitative estimate of drug-likeness (QED) is 0.416. The summed E-state index contributed by atoms with van der Waals surface area (Å²) in [6.45, 7) is 5.92. The molecule has 1 saturated heterocycles.